The van der Waals surface area contributed by atoms with Crippen LogP contribution in [0.2, 0.25) is 0 Å². The highest BCUT2D eigenvalue weighted by molar-refractivity contribution is 7.92. The lowest BCUT2D eigenvalue weighted by atomic mass is 10.1. The third kappa shape index (κ3) is 4.39. The summed E-state index contributed by atoms with van der Waals surface area (Å²) in [5.41, 5.74) is 0.828. The van der Waals surface area contributed by atoms with Gasteiger partial charge in [-0.05, 0) is 24.3 Å². The van der Waals surface area contributed by atoms with Gasteiger partial charge < -0.3 is 4.90 Å². The monoisotopic (exact) mass is 442 g/mol. The second kappa shape index (κ2) is 8.33. The maximum absolute atomic E-state index is 12.4. The van der Waals surface area contributed by atoms with Crippen molar-refractivity contribution in [1.82, 2.24) is 10.2 Å². The summed E-state index contributed by atoms with van der Waals surface area (Å²) in [5.74, 6) is -1.50. The fraction of sp³-hybridized carbons (Fsp3) is 0.200. The van der Waals surface area contributed by atoms with Crippen LogP contribution in [-0.2, 0) is 19.4 Å². The van der Waals surface area contributed by atoms with Crippen LogP contribution in [0.15, 0.2) is 65.6 Å². The molecule has 3 aromatic rings. The lowest BCUT2D eigenvalue weighted by Crippen LogP contribution is -2.24. The number of hydrogen-bond donors (Lipinski definition) is 1. The van der Waals surface area contributed by atoms with Gasteiger partial charge in [-0.3, -0.25) is 14.9 Å². The summed E-state index contributed by atoms with van der Waals surface area (Å²) >= 11 is 1.15. The first-order chi connectivity index (χ1) is 14.4. The van der Waals surface area contributed by atoms with Crippen LogP contribution >= 0.6 is 11.3 Å². The fourth-order valence-corrected chi connectivity index (χ4v) is 5.23. The lowest BCUT2D eigenvalue weighted by molar-refractivity contribution is -0.117. The number of anilines is 2. The van der Waals surface area contributed by atoms with E-state index in [2.05, 4.69) is 15.5 Å². The van der Waals surface area contributed by atoms with E-state index in [1.165, 1.54) is 12.1 Å². The third-order valence-corrected chi connectivity index (χ3v) is 7.29. The van der Waals surface area contributed by atoms with Crippen molar-refractivity contribution in [2.24, 2.45) is 0 Å². The summed E-state index contributed by atoms with van der Waals surface area (Å²) in [6.45, 7) is 0.480. The van der Waals surface area contributed by atoms with Crippen molar-refractivity contribution >= 4 is 43.8 Å². The zero-order valence-corrected chi connectivity index (χ0v) is 17.4. The van der Waals surface area contributed by atoms with Gasteiger partial charge >= 0.3 is 0 Å². The molecule has 2 amide bonds. The Labute approximate surface area is 177 Å². The summed E-state index contributed by atoms with van der Waals surface area (Å²) < 4.78 is 24.6. The van der Waals surface area contributed by atoms with E-state index in [-0.39, 0.29) is 21.9 Å². The quantitative estimate of drug-likeness (QED) is 0.628. The summed E-state index contributed by atoms with van der Waals surface area (Å²) in [5, 5.41) is 11.4. The van der Waals surface area contributed by atoms with Crippen molar-refractivity contribution in [2.75, 3.05) is 22.5 Å². The van der Waals surface area contributed by atoms with E-state index in [0.29, 0.717) is 18.0 Å². The molecule has 8 nitrogen and oxygen atoms in total. The van der Waals surface area contributed by atoms with Gasteiger partial charge in [-0.1, -0.05) is 47.7 Å². The number of nitrogens with one attached hydrogen (secondary N) is 1. The third-order valence-electron chi connectivity index (χ3n) is 4.65. The van der Waals surface area contributed by atoms with Crippen molar-refractivity contribution in [3.8, 4) is 0 Å². The highest BCUT2D eigenvalue weighted by Crippen LogP contribution is 2.34. The second-order valence-electron chi connectivity index (χ2n) is 6.81. The average Bonchev–Trinajstić information content (AvgIpc) is 3.35. The van der Waals surface area contributed by atoms with Gasteiger partial charge in [0.25, 0.3) is 0 Å². The molecule has 1 saturated heterocycles. The molecule has 30 heavy (non-hydrogen) atoms. The molecule has 1 atom stereocenters. The largest absolute Gasteiger partial charge is 0.312 e. The van der Waals surface area contributed by atoms with Crippen LogP contribution in [0.25, 0.3) is 0 Å². The number of aromatic nitrogens is 2. The van der Waals surface area contributed by atoms with E-state index >= 15 is 0 Å². The molecule has 0 aliphatic carbocycles. The fourth-order valence-electron chi connectivity index (χ4n) is 3.22. The Hall–Kier alpha value is -3.11. The Morgan fingerprint density at radius 1 is 1.07 bits per heavy atom. The standard InChI is InChI=1S/C20H18N4O4S2/c25-17(13-30(27,28)16-9-5-2-6-10-16)21-20-23-22-19(29-20)14-11-18(26)24(12-14)15-7-3-1-4-8-15/h1-10,14H,11-13H2,(H,21,23,25). The molecule has 1 aliphatic heterocycles. The summed E-state index contributed by atoms with van der Waals surface area (Å²) in [6, 6.07) is 17.2. The van der Waals surface area contributed by atoms with Crippen molar-refractivity contribution in [2.45, 2.75) is 17.2 Å². The highest BCUT2D eigenvalue weighted by Gasteiger charge is 2.34. The Bertz CT molecular complexity index is 1160. The molecular formula is C20H18N4O4S2. The second-order valence-corrected chi connectivity index (χ2v) is 9.81. The molecule has 2 aromatic carbocycles. The minimum atomic E-state index is -3.74. The zero-order chi connectivity index (χ0) is 21.1. The minimum Gasteiger partial charge on any atom is -0.312 e. The Morgan fingerprint density at radius 3 is 2.43 bits per heavy atom. The first-order valence-electron chi connectivity index (χ1n) is 9.19. The van der Waals surface area contributed by atoms with Gasteiger partial charge in [0.15, 0.2) is 9.84 Å². The Balaban J connectivity index is 1.40. The number of sulfone groups is 1. The van der Waals surface area contributed by atoms with Gasteiger partial charge in [0, 0.05) is 24.6 Å². The van der Waals surface area contributed by atoms with Crippen molar-refractivity contribution < 1.29 is 18.0 Å². The molecule has 1 N–H and O–H groups in total. The molecule has 1 unspecified atom stereocenters. The molecule has 154 valence electrons. The number of hydrogen-bond acceptors (Lipinski definition) is 7. The van der Waals surface area contributed by atoms with E-state index in [9.17, 15) is 18.0 Å². The first kappa shape index (κ1) is 20.2. The Morgan fingerprint density at radius 2 is 1.73 bits per heavy atom. The van der Waals surface area contributed by atoms with Crippen LogP contribution < -0.4 is 10.2 Å². The molecule has 2 heterocycles. The van der Waals surface area contributed by atoms with E-state index in [4.69, 9.17) is 0 Å². The van der Waals surface area contributed by atoms with Crippen LogP contribution in [0.1, 0.15) is 17.3 Å². The van der Waals surface area contributed by atoms with E-state index in [0.717, 1.165) is 17.0 Å². The molecule has 0 bridgehead atoms. The SMILES string of the molecule is O=C(CS(=O)(=O)c1ccccc1)Nc1nnc(C2CC(=O)N(c3ccccc3)C2)s1. The normalized spacial score (nSPS) is 16.6. The summed E-state index contributed by atoms with van der Waals surface area (Å²) in [4.78, 5) is 26.4. The smallest absolute Gasteiger partial charge is 0.241 e. The molecule has 1 fully saturated rings. The summed E-state index contributed by atoms with van der Waals surface area (Å²) in [6.07, 6.45) is 0.305. The van der Waals surface area contributed by atoms with Crippen LogP contribution in [0.5, 0.6) is 0 Å². The zero-order valence-electron chi connectivity index (χ0n) is 15.8. The molecular weight excluding hydrogens is 424 g/mol. The maximum atomic E-state index is 12.4. The first-order valence-corrected chi connectivity index (χ1v) is 11.7. The topological polar surface area (TPSA) is 109 Å². The van der Waals surface area contributed by atoms with E-state index in [1.54, 1.807) is 23.1 Å². The highest BCUT2D eigenvalue weighted by atomic mass is 32.2. The van der Waals surface area contributed by atoms with Crippen molar-refractivity contribution in [1.29, 1.82) is 0 Å². The van der Waals surface area contributed by atoms with Crippen LogP contribution in [0.3, 0.4) is 0 Å². The van der Waals surface area contributed by atoms with Crippen LogP contribution in [-0.4, -0.2) is 42.7 Å². The van der Waals surface area contributed by atoms with Gasteiger partial charge in [0.2, 0.25) is 16.9 Å². The molecule has 10 heteroatoms. The molecule has 1 aromatic heterocycles. The predicted molar refractivity (Wildman–Crippen MR) is 113 cm³/mol. The number of carbonyl (C=O) groups is 2. The molecule has 1 aliphatic rings. The van der Waals surface area contributed by atoms with Gasteiger partial charge in [0.1, 0.15) is 10.8 Å². The van der Waals surface area contributed by atoms with Gasteiger partial charge in [-0.25, -0.2) is 8.42 Å². The number of para-hydroxylation sites is 1. The minimum absolute atomic E-state index is 0.000870. The molecule has 0 saturated carbocycles. The number of carbonyl (C=O) groups excluding carboxylic acids is 2. The number of rotatable bonds is 6. The molecule has 0 spiro atoms. The van der Waals surface area contributed by atoms with Gasteiger partial charge in [-0.15, -0.1) is 10.2 Å². The molecule has 4 rings (SSSR count). The van der Waals surface area contributed by atoms with Crippen LogP contribution in [0.4, 0.5) is 10.8 Å². The number of amides is 2. The maximum Gasteiger partial charge on any atom is 0.241 e. The van der Waals surface area contributed by atoms with E-state index in [1.807, 2.05) is 30.3 Å². The lowest BCUT2D eigenvalue weighted by Gasteiger charge is -2.15. The predicted octanol–water partition coefficient (Wildman–Crippen LogP) is 2.47. The van der Waals surface area contributed by atoms with Crippen molar-refractivity contribution in [3.05, 3.63) is 65.7 Å². The average molecular weight is 443 g/mol. The summed E-state index contributed by atoms with van der Waals surface area (Å²) in [7, 11) is -3.74. The van der Waals surface area contributed by atoms with Gasteiger partial charge in [0.05, 0.1) is 4.90 Å². The van der Waals surface area contributed by atoms with E-state index < -0.39 is 21.5 Å². The van der Waals surface area contributed by atoms with Gasteiger partial charge in [-0.2, -0.15) is 0 Å². The molecule has 0 radical (unpaired) electrons. The number of benzene rings is 2. The van der Waals surface area contributed by atoms with Crippen LogP contribution in [0, 0.1) is 0 Å². The van der Waals surface area contributed by atoms with Crippen molar-refractivity contribution in [3.63, 3.8) is 0 Å². The Kier molecular flexibility index (Phi) is 5.60. The number of nitrogens with zero attached hydrogens (tertiary/aromatic N) is 3.